The Balaban J connectivity index is 1.40. The molecule has 0 aliphatic carbocycles. The van der Waals surface area contributed by atoms with Crippen LogP contribution in [0.1, 0.15) is 29.5 Å². The Morgan fingerprint density at radius 2 is 2.12 bits per heavy atom. The SMILES string of the molecule is Cc1nc(C2CCN(C(=O)Cn3ccnc3)CC2)sc1-c1ccncn1. The van der Waals surface area contributed by atoms with Crippen molar-refractivity contribution in [2.45, 2.75) is 32.2 Å². The van der Waals surface area contributed by atoms with E-state index in [-0.39, 0.29) is 5.91 Å². The smallest absolute Gasteiger partial charge is 0.242 e. The van der Waals surface area contributed by atoms with Crippen molar-refractivity contribution >= 4 is 17.2 Å². The number of nitrogens with zero attached hydrogens (tertiary/aromatic N) is 6. The van der Waals surface area contributed by atoms with Crippen molar-refractivity contribution in [3.63, 3.8) is 0 Å². The Hall–Kier alpha value is -2.61. The number of piperidine rings is 1. The molecule has 0 aromatic carbocycles. The highest BCUT2D eigenvalue weighted by molar-refractivity contribution is 7.15. The Morgan fingerprint density at radius 3 is 2.81 bits per heavy atom. The van der Waals surface area contributed by atoms with Gasteiger partial charge in [-0.15, -0.1) is 11.3 Å². The predicted octanol–water partition coefficient (Wildman–Crippen LogP) is 2.51. The van der Waals surface area contributed by atoms with Crippen LogP contribution in [-0.4, -0.2) is 48.4 Å². The van der Waals surface area contributed by atoms with Gasteiger partial charge in [-0.25, -0.2) is 19.9 Å². The highest BCUT2D eigenvalue weighted by Gasteiger charge is 2.26. The number of hydrogen-bond donors (Lipinski definition) is 0. The van der Waals surface area contributed by atoms with Crippen LogP contribution in [0.25, 0.3) is 10.6 Å². The number of likely N-dealkylation sites (tertiary alicyclic amines) is 1. The minimum Gasteiger partial charge on any atom is -0.341 e. The molecule has 0 unspecified atom stereocenters. The van der Waals surface area contributed by atoms with Crippen molar-refractivity contribution in [2.75, 3.05) is 13.1 Å². The maximum atomic E-state index is 12.4. The maximum Gasteiger partial charge on any atom is 0.242 e. The van der Waals surface area contributed by atoms with E-state index in [0.29, 0.717) is 12.5 Å². The van der Waals surface area contributed by atoms with E-state index in [1.165, 1.54) is 0 Å². The van der Waals surface area contributed by atoms with E-state index in [0.717, 1.165) is 47.2 Å². The summed E-state index contributed by atoms with van der Waals surface area (Å²) in [6.07, 6.45) is 10.4. The largest absolute Gasteiger partial charge is 0.341 e. The van der Waals surface area contributed by atoms with Gasteiger partial charge in [-0.3, -0.25) is 4.79 Å². The van der Waals surface area contributed by atoms with Gasteiger partial charge in [0.25, 0.3) is 0 Å². The summed E-state index contributed by atoms with van der Waals surface area (Å²) in [5, 5.41) is 1.15. The molecule has 1 aliphatic rings. The fourth-order valence-corrected chi connectivity index (χ4v) is 4.48. The molecule has 0 saturated carbocycles. The molecule has 4 rings (SSSR count). The highest BCUT2D eigenvalue weighted by atomic mass is 32.1. The molecule has 1 amide bonds. The summed E-state index contributed by atoms with van der Waals surface area (Å²) in [6, 6.07) is 1.92. The second-order valence-corrected chi connectivity index (χ2v) is 7.48. The van der Waals surface area contributed by atoms with Gasteiger partial charge in [-0.2, -0.15) is 0 Å². The molecule has 1 saturated heterocycles. The number of rotatable bonds is 4. The molecular formula is C18H20N6OS. The minimum absolute atomic E-state index is 0.151. The molecular weight excluding hydrogens is 348 g/mol. The van der Waals surface area contributed by atoms with Crippen LogP contribution in [0, 0.1) is 6.92 Å². The second kappa shape index (κ2) is 7.33. The summed E-state index contributed by atoms with van der Waals surface area (Å²) in [5.74, 6) is 0.560. The Bertz CT molecular complexity index is 868. The van der Waals surface area contributed by atoms with E-state index in [2.05, 4.69) is 15.0 Å². The van der Waals surface area contributed by atoms with Crippen molar-refractivity contribution in [3.8, 4) is 10.6 Å². The van der Waals surface area contributed by atoms with Crippen LogP contribution >= 0.6 is 11.3 Å². The number of imidazole rings is 1. The van der Waals surface area contributed by atoms with Crippen molar-refractivity contribution < 1.29 is 4.79 Å². The summed E-state index contributed by atoms with van der Waals surface area (Å²) >= 11 is 1.72. The maximum absolute atomic E-state index is 12.4. The summed E-state index contributed by atoms with van der Waals surface area (Å²) in [6.45, 7) is 3.94. The topological polar surface area (TPSA) is 76.8 Å². The zero-order valence-corrected chi connectivity index (χ0v) is 15.4. The molecule has 1 fully saturated rings. The molecule has 8 heteroatoms. The van der Waals surface area contributed by atoms with Crippen LogP contribution in [0.15, 0.2) is 37.3 Å². The number of carbonyl (C=O) groups is 1. The predicted molar refractivity (Wildman–Crippen MR) is 98.7 cm³/mol. The van der Waals surface area contributed by atoms with Crippen molar-refractivity contribution in [3.05, 3.63) is 48.0 Å². The number of hydrogen-bond acceptors (Lipinski definition) is 6. The zero-order valence-electron chi connectivity index (χ0n) is 14.6. The number of aromatic nitrogens is 5. The van der Waals surface area contributed by atoms with Gasteiger partial charge in [0.05, 0.1) is 27.6 Å². The molecule has 26 heavy (non-hydrogen) atoms. The molecule has 0 radical (unpaired) electrons. The number of carbonyl (C=O) groups excluding carboxylic acids is 1. The van der Waals surface area contributed by atoms with Crippen LogP contribution in [-0.2, 0) is 11.3 Å². The number of amides is 1. The fourth-order valence-electron chi connectivity index (χ4n) is 3.27. The summed E-state index contributed by atoms with van der Waals surface area (Å²) in [7, 11) is 0. The molecule has 0 bridgehead atoms. The van der Waals surface area contributed by atoms with Gasteiger partial charge in [0.1, 0.15) is 12.9 Å². The lowest BCUT2D eigenvalue weighted by molar-refractivity contribution is -0.132. The first-order chi connectivity index (χ1) is 12.7. The van der Waals surface area contributed by atoms with Crippen molar-refractivity contribution in [2.24, 2.45) is 0 Å². The monoisotopic (exact) mass is 368 g/mol. The third-order valence-corrected chi connectivity index (χ3v) is 6.04. The molecule has 0 N–H and O–H groups in total. The first kappa shape index (κ1) is 16.8. The first-order valence-corrected chi connectivity index (χ1v) is 9.49. The molecule has 4 heterocycles. The molecule has 3 aromatic heterocycles. The fraction of sp³-hybridized carbons (Fsp3) is 0.389. The summed E-state index contributed by atoms with van der Waals surface area (Å²) in [5.41, 5.74) is 1.94. The van der Waals surface area contributed by atoms with E-state index < -0.39 is 0 Å². The van der Waals surface area contributed by atoms with Crippen LogP contribution in [0.2, 0.25) is 0 Å². The van der Waals surface area contributed by atoms with Gasteiger partial charge in [0.2, 0.25) is 5.91 Å². The zero-order chi connectivity index (χ0) is 17.9. The Kier molecular flexibility index (Phi) is 4.75. The van der Waals surface area contributed by atoms with Crippen LogP contribution in [0.4, 0.5) is 0 Å². The summed E-state index contributed by atoms with van der Waals surface area (Å²) in [4.78, 5) is 32.5. The number of thiazole rings is 1. The van der Waals surface area contributed by atoms with E-state index in [1.54, 1.807) is 36.4 Å². The second-order valence-electron chi connectivity index (χ2n) is 6.45. The minimum atomic E-state index is 0.151. The van der Waals surface area contributed by atoms with E-state index >= 15 is 0 Å². The number of aryl methyl sites for hydroxylation is 1. The lowest BCUT2D eigenvalue weighted by atomic mass is 9.97. The molecule has 7 nitrogen and oxygen atoms in total. The highest BCUT2D eigenvalue weighted by Crippen LogP contribution is 2.36. The van der Waals surface area contributed by atoms with E-state index in [4.69, 9.17) is 4.98 Å². The molecule has 0 atom stereocenters. The Labute approximate surface area is 155 Å². The molecule has 1 aliphatic heterocycles. The van der Waals surface area contributed by atoms with E-state index in [9.17, 15) is 4.79 Å². The van der Waals surface area contributed by atoms with Gasteiger partial charge < -0.3 is 9.47 Å². The van der Waals surface area contributed by atoms with Gasteiger partial charge in [-0.1, -0.05) is 0 Å². The lowest BCUT2D eigenvalue weighted by Gasteiger charge is -2.31. The van der Waals surface area contributed by atoms with Crippen LogP contribution < -0.4 is 0 Å². The van der Waals surface area contributed by atoms with Crippen LogP contribution in [0.3, 0.4) is 0 Å². The van der Waals surface area contributed by atoms with Crippen molar-refractivity contribution in [1.82, 2.24) is 29.4 Å². The molecule has 134 valence electrons. The average Bonchev–Trinajstić information content (AvgIpc) is 3.32. The van der Waals surface area contributed by atoms with Crippen LogP contribution in [0.5, 0.6) is 0 Å². The normalized spacial score (nSPS) is 15.3. The first-order valence-electron chi connectivity index (χ1n) is 8.68. The summed E-state index contributed by atoms with van der Waals surface area (Å²) < 4.78 is 1.81. The molecule has 0 spiro atoms. The lowest BCUT2D eigenvalue weighted by Crippen LogP contribution is -2.39. The standard InChI is InChI=1S/C18H20N6OS/c1-13-17(15-2-5-19-11-21-15)26-18(22-13)14-3-7-24(8-4-14)16(25)10-23-9-6-20-12-23/h2,5-6,9,11-12,14H,3-4,7-8,10H2,1H3. The van der Waals surface area contributed by atoms with Gasteiger partial charge in [-0.05, 0) is 25.8 Å². The Morgan fingerprint density at radius 1 is 1.27 bits per heavy atom. The third-order valence-electron chi connectivity index (χ3n) is 4.70. The van der Waals surface area contributed by atoms with Gasteiger partial charge >= 0.3 is 0 Å². The quantitative estimate of drug-likeness (QED) is 0.707. The van der Waals surface area contributed by atoms with Gasteiger partial charge in [0.15, 0.2) is 0 Å². The van der Waals surface area contributed by atoms with Crippen molar-refractivity contribution in [1.29, 1.82) is 0 Å². The van der Waals surface area contributed by atoms with E-state index in [1.807, 2.05) is 28.7 Å². The van der Waals surface area contributed by atoms with Gasteiger partial charge in [0, 0.05) is 37.6 Å². The average molecular weight is 368 g/mol. The third kappa shape index (κ3) is 3.50. The molecule has 3 aromatic rings.